The van der Waals surface area contributed by atoms with Crippen LogP contribution in [0, 0.1) is 17.2 Å². The van der Waals surface area contributed by atoms with Gasteiger partial charge in [0.05, 0.1) is 19.1 Å². The minimum absolute atomic E-state index is 0.0145. The van der Waals surface area contributed by atoms with E-state index >= 15 is 0 Å². The van der Waals surface area contributed by atoms with Gasteiger partial charge in [-0.2, -0.15) is 5.26 Å². The Hall–Kier alpha value is -1.54. The van der Waals surface area contributed by atoms with Crippen LogP contribution in [0.4, 0.5) is 0 Å². The van der Waals surface area contributed by atoms with Crippen molar-refractivity contribution in [3.05, 3.63) is 16.3 Å². The minimum atomic E-state index is -0.135. The summed E-state index contributed by atoms with van der Waals surface area (Å²) >= 11 is 1.35. The third-order valence-corrected chi connectivity index (χ3v) is 3.95. The maximum Gasteiger partial charge on any atom is 0.265 e. The van der Waals surface area contributed by atoms with Gasteiger partial charge in [0.1, 0.15) is 10.6 Å². The fourth-order valence-corrected chi connectivity index (χ4v) is 2.91. The van der Waals surface area contributed by atoms with Gasteiger partial charge in [0.25, 0.3) is 5.91 Å². The van der Waals surface area contributed by atoms with Gasteiger partial charge < -0.3 is 10.1 Å². The molecule has 1 aliphatic carbocycles. The lowest BCUT2D eigenvalue weighted by Crippen LogP contribution is -2.36. The molecule has 1 aliphatic rings. The number of carbonyl (C=O) groups is 1. The predicted molar refractivity (Wildman–Crippen MR) is 65.1 cm³/mol. The number of methoxy groups -OCH3 is 1. The lowest BCUT2D eigenvalue weighted by molar-refractivity contribution is 0.0934. The summed E-state index contributed by atoms with van der Waals surface area (Å²) in [5, 5.41) is 13.7. The molecule has 5 heteroatoms. The first-order valence-electron chi connectivity index (χ1n) is 5.58. The number of nitrogens with zero attached hydrogens (tertiary/aromatic N) is 1. The summed E-state index contributed by atoms with van der Waals surface area (Å²) in [7, 11) is 1.55. The van der Waals surface area contributed by atoms with E-state index in [1.807, 2.05) is 5.38 Å². The van der Waals surface area contributed by atoms with Crippen LogP contribution in [0.1, 0.15) is 28.9 Å². The van der Waals surface area contributed by atoms with E-state index in [-0.39, 0.29) is 17.9 Å². The highest BCUT2D eigenvalue weighted by atomic mass is 32.1. The van der Waals surface area contributed by atoms with Crippen molar-refractivity contribution in [1.29, 1.82) is 5.26 Å². The van der Waals surface area contributed by atoms with Gasteiger partial charge >= 0.3 is 0 Å². The number of nitrogens with one attached hydrogen (secondary N) is 1. The van der Waals surface area contributed by atoms with Gasteiger partial charge in [0, 0.05) is 6.04 Å². The summed E-state index contributed by atoms with van der Waals surface area (Å²) < 4.78 is 5.11. The Morgan fingerprint density at radius 3 is 3.18 bits per heavy atom. The van der Waals surface area contributed by atoms with E-state index in [0.29, 0.717) is 10.6 Å². The molecule has 1 N–H and O–H groups in total. The lowest BCUT2D eigenvalue weighted by atomic mass is 10.1. The van der Waals surface area contributed by atoms with Crippen molar-refractivity contribution in [3.63, 3.8) is 0 Å². The topological polar surface area (TPSA) is 62.1 Å². The zero-order valence-corrected chi connectivity index (χ0v) is 10.4. The van der Waals surface area contributed by atoms with E-state index in [2.05, 4.69) is 11.4 Å². The van der Waals surface area contributed by atoms with Crippen LogP contribution < -0.4 is 10.1 Å². The third kappa shape index (κ3) is 2.42. The molecule has 4 nitrogen and oxygen atoms in total. The largest absolute Gasteiger partial charge is 0.495 e. The molecule has 0 aliphatic heterocycles. The third-order valence-electron chi connectivity index (χ3n) is 3.05. The van der Waals surface area contributed by atoms with Gasteiger partial charge in [-0.3, -0.25) is 4.79 Å². The number of ether oxygens (including phenoxy) is 1. The van der Waals surface area contributed by atoms with E-state index < -0.39 is 0 Å². The number of rotatable bonds is 3. The van der Waals surface area contributed by atoms with Gasteiger partial charge in [-0.05, 0) is 30.7 Å². The molecule has 0 bridgehead atoms. The molecule has 1 saturated carbocycles. The average molecular weight is 250 g/mol. The zero-order valence-electron chi connectivity index (χ0n) is 9.60. The van der Waals surface area contributed by atoms with Crippen LogP contribution in [0.3, 0.4) is 0 Å². The van der Waals surface area contributed by atoms with Crippen LogP contribution in [-0.4, -0.2) is 19.1 Å². The van der Waals surface area contributed by atoms with Crippen LogP contribution >= 0.6 is 11.3 Å². The first kappa shape index (κ1) is 11.9. The summed E-state index contributed by atoms with van der Waals surface area (Å²) in [6, 6.07) is 4.01. The quantitative estimate of drug-likeness (QED) is 0.894. The molecule has 0 saturated heterocycles. The van der Waals surface area contributed by atoms with Crippen molar-refractivity contribution in [1.82, 2.24) is 5.32 Å². The minimum Gasteiger partial charge on any atom is -0.495 e. The molecule has 2 unspecified atom stereocenters. The molecular weight excluding hydrogens is 236 g/mol. The van der Waals surface area contributed by atoms with Gasteiger partial charge in [-0.25, -0.2) is 0 Å². The van der Waals surface area contributed by atoms with E-state index in [9.17, 15) is 4.79 Å². The molecule has 2 atom stereocenters. The van der Waals surface area contributed by atoms with Gasteiger partial charge in [-0.15, -0.1) is 11.3 Å². The number of amides is 1. The van der Waals surface area contributed by atoms with E-state index in [1.165, 1.54) is 11.3 Å². The van der Waals surface area contributed by atoms with E-state index in [4.69, 9.17) is 10.00 Å². The number of nitriles is 1. The fraction of sp³-hybridized carbons (Fsp3) is 0.500. The highest BCUT2D eigenvalue weighted by Crippen LogP contribution is 2.28. The second-order valence-electron chi connectivity index (χ2n) is 4.06. The second kappa shape index (κ2) is 5.19. The van der Waals surface area contributed by atoms with Crippen molar-refractivity contribution >= 4 is 17.2 Å². The van der Waals surface area contributed by atoms with Crippen molar-refractivity contribution in [3.8, 4) is 11.8 Å². The first-order chi connectivity index (χ1) is 8.26. The Bertz CT molecular complexity index is 450. The van der Waals surface area contributed by atoms with Crippen LogP contribution in [0.25, 0.3) is 0 Å². The lowest BCUT2D eigenvalue weighted by Gasteiger charge is -2.15. The highest BCUT2D eigenvalue weighted by molar-refractivity contribution is 7.12. The van der Waals surface area contributed by atoms with Gasteiger partial charge in [0.2, 0.25) is 0 Å². The number of thiophene rings is 1. The summed E-state index contributed by atoms with van der Waals surface area (Å²) in [6.45, 7) is 0. The molecule has 1 fully saturated rings. The van der Waals surface area contributed by atoms with E-state index in [0.717, 1.165) is 19.3 Å². The molecule has 1 amide bonds. The molecular formula is C12H14N2O2S. The van der Waals surface area contributed by atoms with Crippen molar-refractivity contribution in [2.24, 2.45) is 5.92 Å². The SMILES string of the molecule is COc1ccsc1C(=O)NC1CCCC1C#N. The molecule has 17 heavy (non-hydrogen) atoms. The number of hydrogen-bond donors (Lipinski definition) is 1. The second-order valence-corrected chi connectivity index (χ2v) is 4.98. The Balaban J connectivity index is 2.05. The highest BCUT2D eigenvalue weighted by Gasteiger charge is 2.29. The molecule has 0 radical (unpaired) electrons. The molecule has 1 aromatic heterocycles. The maximum atomic E-state index is 12.0. The summed E-state index contributed by atoms with van der Waals surface area (Å²) in [5.41, 5.74) is 0. The Morgan fingerprint density at radius 2 is 2.47 bits per heavy atom. The van der Waals surface area contributed by atoms with Gasteiger partial charge in [0.15, 0.2) is 0 Å². The molecule has 0 aromatic carbocycles. The van der Waals surface area contributed by atoms with Crippen molar-refractivity contribution in [2.45, 2.75) is 25.3 Å². The average Bonchev–Trinajstić information content (AvgIpc) is 2.96. The van der Waals surface area contributed by atoms with Crippen LogP contribution in [0.15, 0.2) is 11.4 Å². The van der Waals surface area contributed by atoms with Crippen LogP contribution in [0.5, 0.6) is 5.75 Å². The van der Waals surface area contributed by atoms with Crippen molar-refractivity contribution < 1.29 is 9.53 Å². The summed E-state index contributed by atoms with van der Waals surface area (Å²) in [5.74, 6) is 0.410. The van der Waals surface area contributed by atoms with Crippen LogP contribution in [-0.2, 0) is 0 Å². The standard InChI is InChI=1S/C12H14N2O2S/c1-16-10-5-6-17-11(10)12(15)14-9-4-2-3-8(9)7-13/h5-6,8-9H,2-4H2,1H3,(H,14,15). The zero-order chi connectivity index (χ0) is 12.3. The van der Waals surface area contributed by atoms with Gasteiger partial charge in [-0.1, -0.05) is 0 Å². The first-order valence-corrected chi connectivity index (χ1v) is 6.46. The smallest absolute Gasteiger partial charge is 0.265 e. The summed E-state index contributed by atoms with van der Waals surface area (Å²) in [6.07, 6.45) is 2.77. The predicted octanol–water partition coefficient (Wildman–Crippen LogP) is 2.18. The summed E-state index contributed by atoms with van der Waals surface area (Å²) in [4.78, 5) is 12.6. The van der Waals surface area contributed by atoms with E-state index in [1.54, 1.807) is 13.2 Å². The Morgan fingerprint density at radius 1 is 1.65 bits per heavy atom. The Kier molecular flexibility index (Phi) is 3.64. The fourth-order valence-electron chi connectivity index (χ4n) is 2.15. The molecule has 1 aromatic rings. The molecule has 90 valence electrons. The molecule has 0 spiro atoms. The monoisotopic (exact) mass is 250 g/mol. The Labute approximate surface area is 104 Å². The number of carbonyl (C=O) groups excluding carboxylic acids is 1. The van der Waals surface area contributed by atoms with Crippen molar-refractivity contribution in [2.75, 3.05) is 7.11 Å². The van der Waals surface area contributed by atoms with Crippen LogP contribution in [0.2, 0.25) is 0 Å². The normalized spacial score (nSPS) is 23.1. The molecule has 2 rings (SSSR count). The number of hydrogen-bond acceptors (Lipinski definition) is 4. The molecule has 1 heterocycles. The maximum absolute atomic E-state index is 12.0.